The molecule has 44 heavy (non-hydrogen) atoms. The van der Waals surface area contributed by atoms with E-state index in [1.165, 1.54) is 17.4 Å². The number of rotatable bonds is 11. The number of carbonyl (C=O) groups excluding carboxylic acids is 2. The molecule has 8 nitrogen and oxygen atoms in total. The van der Waals surface area contributed by atoms with Crippen LogP contribution < -0.4 is 10.7 Å². The number of anilines is 1. The number of nitrogens with one attached hydrogen (secondary N) is 2. The largest absolute Gasteiger partial charge is 0.417 e. The SMILES string of the molecule is CC(O)CN(Cc1cccc(C(=O)Nc2sc3ccccc3c2C(=O)N/N=C\c2ccc(Cl)c(C(F)(F)F)c2)c1)CC(C)O. The lowest BCUT2D eigenvalue weighted by atomic mass is 10.1. The Hall–Kier alpha value is -3.81. The molecule has 0 aliphatic carbocycles. The Morgan fingerprint density at radius 3 is 2.39 bits per heavy atom. The van der Waals surface area contributed by atoms with E-state index in [1.54, 1.807) is 56.3 Å². The second kappa shape index (κ2) is 14.3. The molecule has 0 radical (unpaired) electrons. The first-order valence-corrected chi connectivity index (χ1v) is 14.7. The van der Waals surface area contributed by atoms with Crippen molar-refractivity contribution in [1.29, 1.82) is 0 Å². The zero-order chi connectivity index (χ0) is 32.0. The fourth-order valence-corrected chi connectivity index (χ4v) is 5.94. The van der Waals surface area contributed by atoms with Gasteiger partial charge in [0, 0.05) is 35.3 Å². The lowest BCUT2D eigenvalue weighted by Crippen LogP contribution is -2.35. The van der Waals surface area contributed by atoms with Crippen molar-refractivity contribution in [2.45, 2.75) is 38.8 Å². The van der Waals surface area contributed by atoms with Gasteiger partial charge >= 0.3 is 6.18 Å². The molecule has 2 unspecified atom stereocenters. The van der Waals surface area contributed by atoms with E-state index in [9.17, 15) is 33.0 Å². The zero-order valence-corrected chi connectivity index (χ0v) is 25.3. The van der Waals surface area contributed by atoms with E-state index >= 15 is 0 Å². The standard InChI is InChI=1S/C31H30ClF3N4O4S/c1-18(40)15-39(16-19(2)41)17-21-6-5-7-22(12-21)28(42)37-30-27(23-8-3-4-9-26(23)44-30)29(43)38-36-14-20-10-11-25(32)24(13-20)31(33,34)35/h3-14,18-19,40-41H,15-17H2,1-2H3,(H,37,42)(H,38,43)/b36-14-. The third kappa shape index (κ3) is 8.64. The van der Waals surface area contributed by atoms with Crippen LogP contribution in [0.3, 0.4) is 0 Å². The molecule has 232 valence electrons. The van der Waals surface area contributed by atoms with E-state index in [-0.39, 0.29) is 16.1 Å². The first kappa shape index (κ1) is 33.1. The summed E-state index contributed by atoms with van der Waals surface area (Å²) in [6.07, 6.45) is -4.79. The van der Waals surface area contributed by atoms with Gasteiger partial charge in [0.2, 0.25) is 0 Å². The monoisotopic (exact) mass is 646 g/mol. The highest BCUT2D eigenvalue weighted by Gasteiger charge is 2.33. The highest BCUT2D eigenvalue weighted by molar-refractivity contribution is 7.23. The van der Waals surface area contributed by atoms with E-state index in [2.05, 4.69) is 15.8 Å². The number of amides is 2. The van der Waals surface area contributed by atoms with Gasteiger partial charge in [-0.3, -0.25) is 14.5 Å². The van der Waals surface area contributed by atoms with E-state index < -0.39 is 40.8 Å². The number of hydrogen-bond acceptors (Lipinski definition) is 7. The van der Waals surface area contributed by atoms with E-state index in [0.717, 1.165) is 28.6 Å². The van der Waals surface area contributed by atoms with Crippen LogP contribution >= 0.6 is 22.9 Å². The van der Waals surface area contributed by atoms with Crippen LogP contribution in [-0.2, 0) is 12.7 Å². The van der Waals surface area contributed by atoms with Crippen molar-refractivity contribution < 1.29 is 33.0 Å². The molecular weight excluding hydrogens is 617 g/mol. The molecule has 2 amide bonds. The number of benzene rings is 3. The number of nitrogens with zero attached hydrogens (tertiary/aromatic N) is 2. The predicted molar refractivity (Wildman–Crippen MR) is 166 cm³/mol. The molecule has 2 atom stereocenters. The van der Waals surface area contributed by atoms with Gasteiger partial charge in [-0.2, -0.15) is 18.3 Å². The topological polar surface area (TPSA) is 114 Å². The third-order valence-electron chi connectivity index (χ3n) is 6.37. The molecule has 4 aromatic rings. The molecule has 13 heteroatoms. The van der Waals surface area contributed by atoms with Gasteiger partial charge in [-0.15, -0.1) is 11.3 Å². The number of thiophene rings is 1. The maximum atomic E-state index is 13.3. The molecule has 3 aromatic carbocycles. The second-order valence-corrected chi connectivity index (χ2v) is 11.7. The van der Waals surface area contributed by atoms with E-state index in [4.69, 9.17) is 11.6 Å². The summed E-state index contributed by atoms with van der Waals surface area (Å²) in [6, 6.07) is 17.2. The summed E-state index contributed by atoms with van der Waals surface area (Å²) in [5.41, 5.74) is 2.67. The van der Waals surface area contributed by atoms with Crippen LogP contribution in [0, 0.1) is 0 Å². The number of hydrazone groups is 1. The van der Waals surface area contributed by atoms with E-state index in [0.29, 0.717) is 30.6 Å². The Kier molecular flexibility index (Phi) is 10.8. The molecule has 0 aliphatic rings. The molecular formula is C31H30ClF3N4O4S. The van der Waals surface area contributed by atoms with Crippen LogP contribution in [0.5, 0.6) is 0 Å². The van der Waals surface area contributed by atoms with Crippen molar-refractivity contribution in [3.63, 3.8) is 0 Å². The minimum absolute atomic E-state index is 0.0751. The molecule has 1 heterocycles. The number of alkyl halides is 3. The number of halogens is 4. The van der Waals surface area contributed by atoms with E-state index in [1.807, 2.05) is 11.0 Å². The van der Waals surface area contributed by atoms with Crippen molar-refractivity contribution in [1.82, 2.24) is 10.3 Å². The second-order valence-electron chi connectivity index (χ2n) is 10.3. The van der Waals surface area contributed by atoms with Crippen LogP contribution in [0.25, 0.3) is 10.1 Å². The van der Waals surface area contributed by atoms with Gasteiger partial charge in [-0.05, 0) is 55.3 Å². The Morgan fingerprint density at radius 1 is 1.00 bits per heavy atom. The normalized spacial score (nSPS) is 13.4. The quantitative estimate of drug-likeness (QED) is 0.115. The Morgan fingerprint density at radius 2 is 1.70 bits per heavy atom. The summed E-state index contributed by atoms with van der Waals surface area (Å²) in [4.78, 5) is 28.5. The molecule has 4 N–H and O–H groups in total. The van der Waals surface area contributed by atoms with Gasteiger partial charge in [0.15, 0.2) is 0 Å². The maximum Gasteiger partial charge on any atom is 0.417 e. The summed E-state index contributed by atoms with van der Waals surface area (Å²) in [5.74, 6) is -1.13. The Balaban J connectivity index is 1.54. The first-order chi connectivity index (χ1) is 20.8. The van der Waals surface area contributed by atoms with Crippen molar-refractivity contribution in [3.05, 3.63) is 99.6 Å². The zero-order valence-electron chi connectivity index (χ0n) is 23.7. The summed E-state index contributed by atoms with van der Waals surface area (Å²) >= 11 is 6.86. The number of carbonyl (C=O) groups is 2. The van der Waals surface area contributed by atoms with Gasteiger partial charge in [0.05, 0.1) is 34.6 Å². The predicted octanol–water partition coefficient (Wildman–Crippen LogP) is 6.15. The summed E-state index contributed by atoms with van der Waals surface area (Å²) in [7, 11) is 0. The first-order valence-electron chi connectivity index (χ1n) is 13.5. The van der Waals surface area contributed by atoms with Crippen LogP contribution in [0.2, 0.25) is 5.02 Å². The summed E-state index contributed by atoms with van der Waals surface area (Å²) in [5, 5.41) is 26.7. The average Bonchev–Trinajstić information content (AvgIpc) is 3.30. The number of aliphatic hydroxyl groups is 2. The molecule has 4 rings (SSSR count). The Labute approximate surface area is 260 Å². The summed E-state index contributed by atoms with van der Waals surface area (Å²) < 4.78 is 40.3. The number of hydrogen-bond donors (Lipinski definition) is 4. The molecule has 1 aromatic heterocycles. The maximum absolute atomic E-state index is 13.3. The van der Waals surface area contributed by atoms with Crippen molar-refractivity contribution in [3.8, 4) is 0 Å². The van der Waals surface area contributed by atoms with Crippen LogP contribution in [0.15, 0.2) is 71.8 Å². The highest BCUT2D eigenvalue weighted by Crippen LogP contribution is 2.36. The van der Waals surface area contributed by atoms with Crippen molar-refractivity contribution in [2.75, 3.05) is 18.4 Å². The van der Waals surface area contributed by atoms with Gasteiger partial charge in [0.1, 0.15) is 5.00 Å². The lowest BCUT2D eigenvalue weighted by molar-refractivity contribution is -0.137. The van der Waals surface area contributed by atoms with Crippen molar-refractivity contribution >= 4 is 56.1 Å². The minimum Gasteiger partial charge on any atom is -0.392 e. The van der Waals surface area contributed by atoms with Crippen LogP contribution in [0.1, 0.15) is 51.3 Å². The molecule has 0 saturated heterocycles. The van der Waals surface area contributed by atoms with Gasteiger partial charge in [-0.1, -0.05) is 48.0 Å². The van der Waals surface area contributed by atoms with Crippen molar-refractivity contribution in [2.24, 2.45) is 5.10 Å². The number of fused-ring (bicyclic) bond motifs is 1. The fraction of sp³-hybridized carbons (Fsp3) is 0.258. The Bertz CT molecular complexity index is 1660. The molecule has 0 spiro atoms. The fourth-order valence-electron chi connectivity index (χ4n) is 4.62. The molecule has 0 fully saturated rings. The molecule has 0 bridgehead atoms. The highest BCUT2D eigenvalue weighted by atomic mass is 35.5. The van der Waals surface area contributed by atoms with Gasteiger partial charge in [0.25, 0.3) is 11.8 Å². The minimum atomic E-state index is -4.65. The van der Waals surface area contributed by atoms with Gasteiger partial charge in [-0.25, -0.2) is 5.43 Å². The van der Waals surface area contributed by atoms with Gasteiger partial charge < -0.3 is 15.5 Å². The lowest BCUT2D eigenvalue weighted by Gasteiger charge is -2.25. The molecule has 0 aliphatic heterocycles. The van der Waals surface area contributed by atoms with Crippen LogP contribution in [-0.4, -0.2) is 58.4 Å². The number of aliphatic hydroxyl groups excluding tert-OH is 2. The molecule has 0 saturated carbocycles. The van der Waals surface area contributed by atoms with Crippen LogP contribution in [0.4, 0.5) is 18.2 Å². The smallest absolute Gasteiger partial charge is 0.392 e. The third-order valence-corrected chi connectivity index (χ3v) is 7.78. The average molecular weight is 647 g/mol. The summed E-state index contributed by atoms with van der Waals surface area (Å²) in [6.45, 7) is 4.38.